The molecule has 1 aliphatic heterocycles. The molecule has 0 amide bonds. The molecule has 120 valence electrons. The van der Waals surface area contributed by atoms with E-state index in [2.05, 4.69) is 4.98 Å². The third kappa shape index (κ3) is 5.34. The highest BCUT2D eigenvalue weighted by atomic mass is 32.2. The maximum Gasteiger partial charge on any atom is 0.417 e. The summed E-state index contributed by atoms with van der Waals surface area (Å²) in [7, 11) is 0. The first-order chi connectivity index (χ1) is 10.4. The van der Waals surface area contributed by atoms with Crippen LogP contribution in [0.1, 0.15) is 5.56 Å². The molecular formula is C14H15F3N2O2S. The molecule has 1 aliphatic rings. The molecule has 0 aromatic carbocycles. The number of nitrogens with zero attached hydrogens (tertiary/aromatic N) is 2. The van der Waals surface area contributed by atoms with E-state index in [9.17, 15) is 18.0 Å². The van der Waals surface area contributed by atoms with E-state index in [1.165, 1.54) is 12.1 Å². The van der Waals surface area contributed by atoms with Crippen molar-refractivity contribution >= 4 is 17.5 Å². The Hall–Kier alpha value is -1.54. The average molecular weight is 332 g/mol. The second-order valence-electron chi connectivity index (χ2n) is 4.60. The Kier molecular flexibility index (Phi) is 5.84. The minimum Gasteiger partial charge on any atom is -0.378 e. The van der Waals surface area contributed by atoms with Gasteiger partial charge in [0.05, 0.1) is 29.6 Å². The van der Waals surface area contributed by atoms with Crippen molar-refractivity contribution in [2.24, 2.45) is 0 Å². The van der Waals surface area contributed by atoms with E-state index in [0.29, 0.717) is 18.2 Å². The van der Waals surface area contributed by atoms with Gasteiger partial charge in [-0.15, -0.1) is 0 Å². The summed E-state index contributed by atoms with van der Waals surface area (Å²) < 4.78 is 42.4. The zero-order valence-corrected chi connectivity index (χ0v) is 12.5. The molecule has 22 heavy (non-hydrogen) atoms. The van der Waals surface area contributed by atoms with E-state index in [1.807, 2.05) is 4.90 Å². The van der Waals surface area contributed by atoms with E-state index in [1.54, 1.807) is 6.20 Å². The van der Waals surface area contributed by atoms with Gasteiger partial charge in [0, 0.05) is 25.5 Å². The number of allylic oxidation sites excluding steroid dienone is 1. The number of halogens is 3. The van der Waals surface area contributed by atoms with Gasteiger partial charge in [-0.3, -0.25) is 4.79 Å². The van der Waals surface area contributed by atoms with Crippen molar-refractivity contribution in [1.82, 2.24) is 9.88 Å². The van der Waals surface area contributed by atoms with Gasteiger partial charge in [-0.1, -0.05) is 11.8 Å². The highest BCUT2D eigenvalue weighted by molar-refractivity contribution is 7.99. The smallest absolute Gasteiger partial charge is 0.378 e. The van der Waals surface area contributed by atoms with Crippen molar-refractivity contribution in [3.63, 3.8) is 0 Å². The summed E-state index contributed by atoms with van der Waals surface area (Å²) in [4.78, 5) is 17.4. The summed E-state index contributed by atoms with van der Waals surface area (Å²) in [6, 6.07) is 2.23. The maximum absolute atomic E-state index is 12.4. The van der Waals surface area contributed by atoms with Crippen LogP contribution in [0.15, 0.2) is 35.6 Å². The maximum atomic E-state index is 12.4. The highest BCUT2D eigenvalue weighted by Crippen LogP contribution is 2.29. The minimum absolute atomic E-state index is 0.113. The van der Waals surface area contributed by atoms with Gasteiger partial charge in [0.2, 0.25) is 0 Å². The van der Waals surface area contributed by atoms with Crippen molar-refractivity contribution in [1.29, 1.82) is 0 Å². The number of aromatic nitrogens is 1. The predicted molar refractivity (Wildman–Crippen MR) is 76.5 cm³/mol. The molecule has 1 fully saturated rings. The van der Waals surface area contributed by atoms with Crippen LogP contribution in [0.4, 0.5) is 13.2 Å². The van der Waals surface area contributed by atoms with Gasteiger partial charge in [0.15, 0.2) is 5.78 Å². The van der Waals surface area contributed by atoms with E-state index in [-0.39, 0.29) is 11.5 Å². The molecule has 1 saturated heterocycles. The number of alkyl halides is 3. The lowest BCUT2D eigenvalue weighted by molar-refractivity contribution is -0.137. The number of thioether (sulfide) groups is 1. The summed E-state index contributed by atoms with van der Waals surface area (Å²) >= 11 is 1.11. The fourth-order valence-electron chi connectivity index (χ4n) is 1.74. The van der Waals surface area contributed by atoms with Gasteiger partial charge in [0.1, 0.15) is 0 Å². The first-order valence-corrected chi connectivity index (χ1v) is 7.62. The summed E-state index contributed by atoms with van der Waals surface area (Å²) in [6.07, 6.45) is -0.419. The first kappa shape index (κ1) is 16.8. The normalized spacial score (nSPS) is 16.2. The molecule has 4 nitrogen and oxygen atoms in total. The molecule has 1 aromatic heterocycles. The zero-order chi connectivity index (χ0) is 16.0. The van der Waals surface area contributed by atoms with Crippen LogP contribution in [0, 0.1) is 0 Å². The number of morpholine rings is 1. The van der Waals surface area contributed by atoms with Crippen LogP contribution < -0.4 is 0 Å². The van der Waals surface area contributed by atoms with Crippen LogP contribution in [0.2, 0.25) is 0 Å². The topological polar surface area (TPSA) is 42.4 Å². The number of ketones is 1. The summed E-state index contributed by atoms with van der Waals surface area (Å²) in [5.41, 5.74) is -0.796. The molecule has 0 saturated carbocycles. The highest BCUT2D eigenvalue weighted by Gasteiger charge is 2.30. The Bertz CT molecular complexity index is 526. The monoisotopic (exact) mass is 332 g/mol. The Labute approximate surface area is 130 Å². The fourth-order valence-corrected chi connectivity index (χ4v) is 2.42. The lowest BCUT2D eigenvalue weighted by atomic mass is 10.3. The summed E-state index contributed by atoms with van der Waals surface area (Å²) in [5, 5.41) is 0.390. The number of hydrogen-bond donors (Lipinski definition) is 0. The predicted octanol–water partition coefficient (Wildman–Crippen LogP) is 2.61. The number of hydrogen-bond acceptors (Lipinski definition) is 5. The van der Waals surface area contributed by atoms with Gasteiger partial charge in [-0.2, -0.15) is 13.2 Å². The van der Waals surface area contributed by atoms with Crippen molar-refractivity contribution in [2.75, 3.05) is 32.1 Å². The van der Waals surface area contributed by atoms with Crippen LogP contribution in [-0.2, 0) is 15.7 Å². The van der Waals surface area contributed by atoms with E-state index >= 15 is 0 Å². The standard InChI is InChI=1S/C14H15F3N2O2S/c15-14(16,17)11-1-2-13(18-9-11)22-10-12(20)3-4-19-5-7-21-8-6-19/h1-4,9H,5-8,10H2. The van der Waals surface area contributed by atoms with Gasteiger partial charge in [-0.25, -0.2) is 4.98 Å². The number of rotatable bonds is 5. The minimum atomic E-state index is -4.40. The fraction of sp³-hybridized carbons (Fsp3) is 0.429. The van der Waals surface area contributed by atoms with Gasteiger partial charge < -0.3 is 9.64 Å². The molecule has 2 heterocycles. The van der Waals surface area contributed by atoms with Crippen LogP contribution in [-0.4, -0.2) is 47.7 Å². The molecule has 0 aliphatic carbocycles. The van der Waals surface area contributed by atoms with Crippen molar-refractivity contribution in [3.8, 4) is 0 Å². The lowest BCUT2D eigenvalue weighted by Gasteiger charge is -2.24. The molecule has 1 aromatic rings. The van der Waals surface area contributed by atoms with Crippen LogP contribution in [0.5, 0.6) is 0 Å². The number of carbonyl (C=O) groups excluding carboxylic acids is 1. The molecule has 0 N–H and O–H groups in total. The van der Waals surface area contributed by atoms with Crippen LogP contribution in [0.25, 0.3) is 0 Å². The average Bonchev–Trinajstić information content (AvgIpc) is 2.51. The molecule has 0 atom stereocenters. The molecule has 0 unspecified atom stereocenters. The first-order valence-electron chi connectivity index (χ1n) is 6.64. The Morgan fingerprint density at radius 3 is 2.68 bits per heavy atom. The molecular weight excluding hydrogens is 317 g/mol. The SMILES string of the molecule is O=C(C=CN1CCOCC1)CSc1ccc(C(F)(F)F)cn1. The third-order valence-corrected chi connectivity index (χ3v) is 3.91. The summed E-state index contributed by atoms with van der Waals surface area (Å²) in [6.45, 7) is 2.78. The number of ether oxygens (including phenoxy) is 1. The van der Waals surface area contributed by atoms with E-state index in [0.717, 1.165) is 37.1 Å². The van der Waals surface area contributed by atoms with Crippen molar-refractivity contribution in [2.45, 2.75) is 11.2 Å². The van der Waals surface area contributed by atoms with E-state index in [4.69, 9.17) is 4.74 Å². The van der Waals surface area contributed by atoms with Crippen molar-refractivity contribution < 1.29 is 22.7 Å². The zero-order valence-electron chi connectivity index (χ0n) is 11.7. The van der Waals surface area contributed by atoms with Gasteiger partial charge in [-0.05, 0) is 18.2 Å². The number of pyridine rings is 1. The van der Waals surface area contributed by atoms with Crippen LogP contribution >= 0.6 is 11.8 Å². The molecule has 0 radical (unpaired) electrons. The largest absolute Gasteiger partial charge is 0.417 e. The molecule has 8 heteroatoms. The Morgan fingerprint density at radius 2 is 2.09 bits per heavy atom. The van der Waals surface area contributed by atoms with Crippen LogP contribution in [0.3, 0.4) is 0 Å². The second-order valence-corrected chi connectivity index (χ2v) is 5.60. The lowest BCUT2D eigenvalue weighted by Crippen LogP contribution is -2.32. The van der Waals surface area contributed by atoms with Crippen molar-refractivity contribution in [3.05, 3.63) is 36.2 Å². The van der Waals surface area contributed by atoms with E-state index < -0.39 is 11.7 Å². The second kappa shape index (κ2) is 7.64. The van der Waals surface area contributed by atoms with Gasteiger partial charge >= 0.3 is 6.18 Å². The molecule has 0 spiro atoms. The number of carbonyl (C=O) groups is 1. The Morgan fingerprint density at radius 1 is 1.36 bits per heavy atom. The van der Waals surface area contributed by atoms with Gasteiger partial charge in [0.25, 0.3) is 0 Å². The Balaban J connectivity index is 1.79. The molecule has 2 rings (SSSR count). The summed E-state index contributed by atoms with van der Waals surface area (Å²) in [5.74, 6) is 0.0253. The third-order valence-electron chi connectivity index (χ3n) is 2.94. The quantitative estimate of drug-likeness (QED) is 0.612. The molecule has 0 bridgehead atoms.